The van der Waals surface area contributed by atoms with E-state index in [1.807, 2.05) is 27.7 Å². The van der Waals surface area contributed by atoms with Crippen molar-refractivity contribution in [1.29, 1.82) is 0 Å². The van der Waals surface area contributed by atoms with Gasteiger partial charge in [0.1, 0.15) is 6.04 Å². The summed E-state index contributed by atoms with van der Waals surface area (Å²) in [6.07, 6.45) is 3.92. The van der Waals surface area contributed by atoms with E-state index in [9.17, 15) is 9.59 Å². The first-order valence-electron chi connectivity index (χ1n) is 6.30. The number of pyridine rings is 1. The lowest BCUT2D eigenvalue weighted by atomic mass is 9.86. The maximum Gasteiger partial charge on any atom is 0.252 e. The van der Waals surface area contributed by atoms with Crippen LogP contribution in [0.5, 0.6) is 0 Å². The van der Waals surface area contributed by atoms with Gasteiger partial charge in [-0.15, -0.1) is 0 Å². The molecule has 0 saturated carbocycles. The lowest BCUT2D eigenvalue weighted by Crippen LogP contribution is -2.52. The summed E-state index contributed by atoms with van der Waals surface area (Å²) in [7, 11) is 0. The molecule has 0 saturated heterocycles. The number of aryl methyl sites for hydroxylation is 1. The molecular formula is C14H21N3O2. The molecule has 19 heavy (non-hydrogen) atoms. The van der Waals surface area contributed by atoms with Crippen LogP contribution in [0.25, 0.3) is 0 Å². The van der Waals surface area contributed by atoms with Crippen LogP contribution in [0.3, 0.4) is 0 Å². The van der Waals surface area contributed by atoms with Gasteiger partial charge in [0.15, 0.2) is 0 Å². The molecule has 0 aliphatic rings. The van der Waals surface area contributed by atoms with E-state index in [0.717, 1.165) is 5.56 Å². The fourth-order valence-electron chi connectivity index (χ4n) is 1.85. The standard InChI is InChI=1S/C14H21N3O2/c1-5-9-8-16-7-6-10(9)13(19)17-11(12(15)18)14(2,3)4/h6-8,11H,5H2,1-4H3,(H2,15,18)(H,17,19)/t11-/m1/s1. The van der Waals surface area contributed by atoms with Crippen molar-refractivity contribution in [2.24, 2.45) is 11.1 Å². The summed E-state index contributed by atoms with van der Waals surface area (Å²) in [5, 5.41) is 2.71. The summed E-state index contributed by atoms with van der Waals surface area (Å²) in [6.45, 7) is 7.52. The second kappa shape index (κ2) is 5.82. The largest absolute Gasteiger partial charge is 0.368 e. The molecule has 104 valence electrons. The van der Waals surface area contributed by atoms with Gasteiger partial charge in [0.05, 0.1) is 0 Å². The molecule has 0 fully saturated rings. The number of carbonyl (C=O) groups is 2. The highest BCUT2D eigenvalue weighted by Gasteiger charge is 2.31. The first-order chi connectivity index (χ1) is 8.77. The van der Waals surface area contributed by atoms with E-state index in [0.29, 0.717) is 12.0 Å². The molecule has 1 aromatic heterocycles. The third-order valence-electron chi connectivity index (χ3n) is 2.96. The van der Waals surface area contributed by atoms with Crippen LogP contribution >= 0.6 is 0 Å². The second-order valence-corrected chi connectivity index (χ2v) is 5.56. The van der Waals surface area contributed by atoms with Crippen molar-refractivity contribution >= 4 is 11.8 Å². The van der Waals surface area contributed by atoms with Gasteiger partial charge in [-0.2, -0.15) is 0 Å². The van der Waals surface area contributed by atoms with E-state index < -0.39 is 17.4 Å². The minimum atomic E-state index is -0.710. The summed E-state index contributed by atoms with van der Waals surface area (Å²) in [5.74, 6) is -0.828. The minimum Gasteiger partial charge on any atom is -0.368 e. The number of carbonyl (C=O) groups excluding carboxylic acids is 2. The number of nitrogens with zero attached hydrogens (tertiary/aromatic N) is 1. The summed E-state index contributed by atoms with van der Waals surface area (Å²) >= 11 is 0. The van der Waals surface area contributed by atoms with Crippen LogP contribution in [0.4, 0.5) is 0 Å². The molecule has 3 N–H and O–H groups in total. The van der Waals surface area contributed by atoms with E-state index in [2.05, 4.69) is 10.3 Å². The molecule has 0 aliphatic carbocycles. The SMILES string of the molecule is CCc1cnccc1C(=O)N[C@H](C(N)=O)C(C)(C)C. The first kappa shape index (κ1) is 15.1. The Bertz CT molecular complexity index is 478. The molecule has 1 atom stereocenters. The molecule has 1 aromatic rings. The molecule has 2 amide bonds. The van der Waals surface area contributed by atoms with E-state index in [1.54, 1.807) is 18.5 Å². The summed E-state index contributed by atoms with van der Waals surface area (Å²) in [5.41, 5.74) is 6.30. The number of hydrogen-bond donors (Lipinski definition) is 2. The zero-order valence-electron chi connectivity index (χ0n) is 11.9. The third-order valence-corrected chi connectivity index (χ3v) is 2.96. The molecule has 1 rings (SSSR count). The Labute approximate surface area is 113 Å². The van der Waals surface area contributed by atoms with Gasteiger partial charge in [0.25, 0.3) is 5.91 Å². The first-order valence-corrected chi connectivity index (χ1v) is 6.30. The van der Waals surface area contributed by atoms with Gasteiger partial charge in [0, 0.05) is 18.0 Å². The Kier molecular flexibility index (Phi) is 4.64. The highest BCUT2D eigenvalue weighted by Crippen LogP contribution is 2.19. The van der Waals surface area contributed by atoms with Gasteiger partial charge < -0.3 is 11.1 Å². The van der Waals surface area contributed by atoms with Crippen molar-refractivity contribution in [3.05, 3.63) is 29.6 Å². The summed E-state index contributed by atoms with van der Waals surface area (Å²) in [4.78, 5) is 27.7. The molecule has 0 spiro atoms. The summed E-state index contributed by atoms with van der Waals surface area (Å²) in [6, 6.07) is 0.937. The fraction of sp³-hybridized carbons (Fsp3) is 0.500. The van der Waals surface area contributed by atoms with Crippen molar-refractivity contribution in [1.82, 2.24) is 10.3 Å². The van der Waals surface area contributed by atoms with E-state index in [1.165, 1.54) is 0 Å². The molecule has 5 heteroatoms. The zero-order chi connectivity index (χ0) is 14.6. The van der Waals surface area contributed by atoms with Gasteiger partial charge in [-0.1, -0.05) is 27.7 Å². The quantitative estimate of drug-likeness (QED) is 0.858. The number of rotatable bonds is 4. The Morgan fingerprint density at radius 1 is 1.42 bits per heavy atom. The molecule has 5 nitrogen and oxygen atoms in total. The maximum absolute atomic E-state index is 12.2. The number of hydrogen-bond acceptors (Lipinski definition) is 3. The van der Waals surface area contributed by atoms with Gasteiger partial charge in [-0.3, -0.25) is 14.6 Å². The predicted molar refractivity (Wildman–Crippen MR) is 73.5 cm³/mol. The number of aromatic nitrogens is 1. The van der Waals surface area contributed by atoms with Crippen molar-refractivity contribution in [3.63, 3.8) is 0 Å². The maximum atomic E-state index is 12.2. The fourth-order valence-corrected chi connectivity index (χ4v) is 1.85. The van der Waals surface area contributed by atoms with Gasteiger partial charge >= 0.3 is 0 Å². The number of amides is 2. The Hall–Kier alpha value is -1.91. The molecule has 1 heterocycles. The average molecular weight is 263 g/mol. The molecule has 0 radical (unpaired) electrons. The molecular weight excluding hydrogens is 242 g/mol. The monoisotopic (exact) mass is 263 g/mol. The van der Waals surface area contributed by atoms with E-state index in [4.69, 9.17) is 5.73 Å². The zero-order valence-corrected chi connectivity index (χ0v) is 11.9. The van der Waals surface area contributed by atoms with Crippen molar-refractivity contribution in [2.45, 2.75) is 40.2 Å². The van der Waals surface area contributed by atoms with Gasteiger partial charge in [-0.05, 0) is 23.5 Å². The Morgan fingerprint density at radius 2 is 2.05 bits per heavy atom. The van der Waals surface area contributed by atoms with Crippen LogP contribution in [0, 0.1) is 5.41 Å². The Morgan fingerprint density at radius 3 is 2.53 bits per heavy atom. The van der Waals surface area contributed by atoms with Crippen molar-refractivity contribution in [2.75, 3.05) is 0 Å². The van der Waals surface area contributed by atoms with E-state index in [-0.39, 0.29) is 5.91 Å². The lowest BCUT2D eigenvalue weighted by molar-refractivity contribution is -0.122. The van der Waals surface area contributed by atoms with Crippen LogP contribution in [0.2, 0.25) is 0 Å². The normalized spacial score (nSPS) is 12.8. The highest BCUT2D eigenvalue weighted by atomic mass is 16.2. The molecule has 0 aromatic carbocycles. The molecule has 0 unspecified atom stereocenters. The highest BCUT2D eigenvalue weighted by molar-refractivity contribution is 5.98. The number of nitrogens with one attached hydrogen (secondary N) is 1. The van der Waals surface area contributed by atoms with Crippen LogP contribution < -0.4 is 11.1 Å². The minimum absolute atomic E-state index is 0.294. The van der Waals surface area contributed by atoms with E-state index >= 15 is 0 Å². The molecule has 0 bridgehead atoms. The topological polar surface area (TPSA) is 85.1 Å². The smallest absolute Gasteiger partial charge is 0.252 e. The molecule has 0 aliphatic heterocycles. The second-order valence-electron chi connectivity index (χ2n) is 5.56. The van der Waals surface area contributed by atoms with Gasteiger partial charge in [-0.25, -0.2) is 0 Å². The van der Waals surface area contributed by atoms with Crippen molar-refractivity contribution < 1.29 is 9.59 Å². The average Bonchev–Trinajstić information content (AvgIpc) is 2.33. The van der Waals surface area contributed by atoms with Crippen LogP contribution in [-0.4, -0.2) is 22.8 Å². The van der Waals surface area contributed by atoms with Gasteiger partial charge in [0.2, 0.25) is 5.91 Å². The predicted octanol–water partition coefficient (Wildman–Crippen LogP) is 1.27. The lowest BCUT2D eigenvalue weighted by Gasteiger charge is -2.28. The third kappa shape index (κ3) is 3.77. The Balaban J connectivity index is 2.98. The van der Waals surface area contributed by atoms with Crippen molar-refractivity contribution in [3.8, 4) is 0 Å². The van der Waals surface area contributed by atoms with Crippen LogP contribution in [0.15, 0.2) is 18.5 Å². The van der Waals surface area contributed by atoms with Crippen LogP contribution in [0.1, 0.15) is 43.6 Å². The summed E-state index contributed by atoms with van der Waals surface area (Å²) < 4.78 is 0. The van der Waals surface area contributed by atoms with Crippen LogP contribution in [-0.2, 0) is 11.2 Å². The number of primary amides is 1. The number of nitrogens with two attached hydrogens (primary N) is 1.